The molecule has 0 unspecified atom stereocenters. The number of hydrogen-bond donors (Lipinski definition) is 0. The largest absolute Gasteiger partial charge is 0.416 e. The molecule has 9 heteroatoms. The third-order valence-corrected chi connectivity index (χ3v) is 5.43. The van der Waals surface area contributed by atoms with Gasteiger partial charge >= 0.3 is 6.18 Å². The summed E-state index contributed by atoms with van der Waals surface area (Å²) in [6.07, 6.45) is -4.38. The molecule has 1 fully saturated rings. The van der Waals surface area contributed by atoms with Crippen LogP contribution in [0.25, 0.3) is 0 Å². The van der Waals surface area contributed by atoms with Crippen molar-refractivity contribution in [1.82, 2.24) is 4.90 Å². The Labute approximate surface area is 176 Å². The van der Waals surface area contributed by atoms with Gasteiger partial charge in [0.25, 0.3) is 0 Å². The molecule has 1 atom stereocenters. The second-order valence-corrected chi connectivity index (χ2v) is 7.68. The number of alkyl halides is 3. The lowest BCUT2D eigenvalue weighted by Gasteiger charge is -2.32. The van der Waals surface area contributed by atoms with E-state index in [1.54, 1.807) is 18.0 Å². The van der Waals surface area contributed by atoms with Gasteiger partial charge in [0.1, 0.15) is 6.07 Å². The average molecular weight is 442 g/mol. The standard InChI is InChI=1S/C20H16Cl2F3N3O/c1-27-11-16(8-19(27)29)28(15-4-2-12(9-26)18(22)7-15)10-13-6-14(21)3-5-17(13)20(23,24)25/h2-7,16H,8,10-11H2,1H3/t16-/m0/s1. The van der Waals surface area contributed by atoms with Gasteiger partial charge in [0, 0.05) is 37.3 Å². The van der Waals surface area contributed by atoms with Crippen molar-refractivity contribution in [3.8, 4) is 6.07 Å². The van der Waals surface area contributed by atoms with E-state index < -0.39 is 11.7 Å². The van der Waals surface area contributed by atoms with E-state index in [0.717, 1.165) is 6.07 Å². The van der Waals surface area contributed by atoms with E-state index in [4.69, 9.17) is 28.5 Å². The molecule has 1 aliphatic rings. The maximum absolute atomic E-state index is 13.5. The fraction of sp³-hybridized carbons (Fsp3) is 0.300. The first kappa shape index (κ1) is 21.3. The number of hydrogen-bond acceptors (Lipinski definition) is 3. The Morgan fingerprint density at radius 1 is 1.24 bits per heavy atom. The van der Waals surface area contributed by atoms with Crippen LogP contribution in [-0.4, -0.2) is 30.4 Å². The molecule has 1 aliphatic heterocycles. The molecule has 152 valence electrons. The molecular weight excluding hydrogens is 426 g/mol. The maximum Gasteiger partial charge on any atom is 0.416 e. The molecule has 4 nitrogen and oxygen atoms in total. The van der Waals surface area contributed by atoms with Crippen molar-refractivity contribution >= 4 is 34.8 Å². The number of benzene rings is 2. The summed E-state index contributed by atoms with van der Waals surface area (Å²) in [5.41, 5.74) is -0.0132. The predicted octanol–water partition coefficient (Wildman–Crippen LogP) is 5.12. The van der Waals surface area contributed by atoms with E-state index in [-0.39, 0.29) is 46.1 Å². The summed E-state index contributed by atoms with van der Waals surface area (Å²) >= 11 is 12.1. The Morgan fingerprint density at radius 2 is 1.97 bits per heavy atom. The number of halogens is 5. The fourth-order valence-electron chi connectivity index (χ4n) is 3.41. The highest BCUT2D eigenvalue weighted by Crippen LogP contribution is 2.36. The summed E-state index contributed by atoms with van der Waals surface area (Å²) in [5.74, 6) is -0.0955. The molecule has 0 radical (unpaired) electrons. The van der Waals surface area contributed by atoms with Crippen LogP contribution in [0.2, 0.25) is 10.0 Å². The minimum absolute atomic E-state index is 0.00696. The van der Waals surface area contributed by atoms with Gasteiger partial charge in [-0.15, -0.1) is 0 Å². The fourth-order valence-corrected chi connectivity index (χ4v) is 3.82. The van der Waals surface area contributed by atoms with Crippen LogP contribution in [0.15, 0.2) is 36.4 Å². The zero-order chi connectivity index (χ0) is 21.3. The third-order valence-electron chi connectivity index (χ3n) is 4.88. The van der Waals surface area contributed by atoms with Crippen molar-refractivity contribution in [2.45, 2.75) is 25.2 Å². The summed E-state index contributed by atoms with van der Waals surface area (Å²) in [6, 6.07) is 9.69. The SMILES string of the molecule is CN1C[C@@H](N(Cc2cc(Cl)ccc2C(F)(F)F)c2ccc(C#N)c(Cl)c2)CC1=O. The summed E-state index contributed by atoms with van der Waals surface area (Å²) in [6.45, 7) is 0.238. The zero-order valence-electron chi connectivity index (χ0n) is 15.3. The number of amides is 1. The first-order valence-corrected chi connectivity index (χ1v) is 9.41. The van der Waals surface area contributed by atoms with Gasteiger partial charge in [-0.3, -0.25) is 4.79 Å². The van der Waals surface area contributed by atoms with Crippen molar-refractivity contribution in [3.63, 3.8) is 0 Å². The lowest BCUT2D eigenvalue weighted by Crippen LogP contribution is -2.37. The van der Waals surface area contributed by atoms with Crippen LogP contribution in [0.3, 0.4) is 0 Å². The van der Waals surface area contributed by atoms with Crippen LogP contribution < -0.4 is 4.90 Å². The number of anilines is 1. The van der Waals surface area contributed by atoms with Gasteiger partial charge in [0.05, 0.1) is 22.2 Å². The Balaban J connectivity index is 2.06. The highest BCUT2D eigenvalue weighted by Gasteiger charge is 2.36. The van der Waals surface area contributed by atoms with Gasteiger partial charge in [-0.2, -0.15) is 18.4 Å². The van der Waals surface area contributed by atoms with E-state index in [1.165, 1.54) is 29.2 Å². The molecule has 0 bridgehead atoms. The van der Waals surface area contributed by atoms with Crippen LogP contribution in [0.1, 0.15) is 23.1 Å². The molecule has 0 N–H and O–H groups in total. The summed E-state index contributed by atoms with van der Waals surface area (Å²) < 4.78 is 40.5. The van der Waals surface area contributed by atoms with Crippen LogP contribution in [0.4, 0.5) is 18.9 Å². The number of likely N-dealkylation sites (tertiary alicyclic amines) is 1. The van der Waals surface area contributed by atoms with Crippen LogP contribution in [0, 0.1) is 11.3 Å². The maximum atomic E-state index is 13.5. The van der Waals surface area contributed by atoms with E-state index in [1.807, 2.05) is 6.07 Å². The number of carbonyl (C=O) groups is 1. The number of nitrogens with zero attached hydrogens (tertiary/aromatic N) is 3. The Bertz CT molecular complexity index is 988. The molecule has 0 saturated carbocycles. The van der Waals surface area contributed by atoms with E-state index in [2.05, 4.69) is 0 Å². The van der Waals surface area contributed by atoms with E-state index in [0.29, 0.717) is 12.2 Å². The molecule has 0 aromatic heterocycles. The molecule has 0 aliphatic carbocycles. The van der Waals surface area contributed by atoms with Gasteiger partial charge in [-0.1, -0.05) is 23.2 Å². The summed E-state index contributed by atoms with van der Waals surface area (Å²) in [7, 11) is 1.65. The Hall–Kier alpha value is -2.43. The van der Waals surface area contributed by atoms with Crippen LogP contribution in [-0.2, 0) is 17.5 Å². The lowest BCUT2D eigenvalue weighted by molar-refractivity contribution is -0.138. The van der Waals surface area contributed by atoms with Gasteiger partial charge < -0.3 is 9.80 Å². The van der Waals surface area contributed by atoms with E-state index in [9.17, 15) is 18.0 Å². The average Bonchev–Trinajstić information content (AvgIpc) is 2.97. The summed E-state index contributed by atoms with van der Waals surface area (Å²) in [5, 5.41) is 9.46. The minimum atomic E-state index is -4.55. The predicted molar refractivity (Wildman–Crippen MR) is 105 cm³/mol. The summed E-state index contributed by atoms with van der Waals surface area (Å²) in [4.78, 5) is 15.3. The molecule has 0 spiro atoms. The second-order valence-electron chi connectivity index (χ2n) is 6.84. The Morgan fingerprint density at radius 3 is 2.52 bits per heavy atom. The zero-order valence-corrected chi connectivity index (χ0v) is 16.8. The smallest absolute Gasteiger partial charge is 0.362 e. The van der Waals surface area contributed by atoms with Crippen molar-refractivity contribution in [1.29, 1.82) is 5.26 Å². The number of rotatable bonds is 4. The second kappa shape index (κ2) is 8.13. The number of carbonyl (C=O) groups excluding carboxylic acids is 1. The molecule has 3 rings (SSSR count). The molecule has 1 amide bonds. The van der Waals surface area contributed by atoms with Crippen molar-refractivity contribution in [3.05, 3.63) is 63.1 Å². The first-order chi connectivity index (χ1) is 13.6. The minimum Gasteiger partial charge on any atom is -0.362 e. The molecule has 1 heterocycles. The lowest BCUT2D eigenvalue weighted by atomic mass is 10.0. The van der Waals surface area contributed by atoms with Crippen molar-refractivity contribution in [2.75, 3.05) is 18.5 Å². The van der Waals surface area contributed by atoms with Gasteiger partial charge in [0.15, 0.2) is 0 Å². The molecular formula is C20H16Cl2F3N3O. The quantitative estimate of drug-likeness (QED) is 0.661. The highest BCUT2D eigenvalue weighted by atomic mass is 35.5. The number of nitriles is 1. The topological polar surface area (TPSA) is 47.3 Å². The normalized spacial score (nSPS) is 16.8. The number of likely N-dealkylation sites (N-methyl/N-ethyl adjacent to an activating group) is 1. The van der Waals surface area contributed by atoms with Crippen molar-refractivity contribution in [2.24, 2.45) is 0 Å². The van der Waals surface area contributed by atoms with Crippen LogP contribution >= 0.6 is 23.2 Å². The van der Waals surface area contributed by atoms with Gasteiger partial charge in [-0.05, 0) is 42.0 Å². The van der Waals surface area contributed by atoms with Crippen molar-refractivity contribution < 1.29 is 18.0 Å². The highest BCUT2D eigenvalue weighted by molar-refractivity contribution is 6.32. The van der Waals surface area contributed by atoms with Gasteiger partial charge in [0.2, 0.25) is 5.91 Å². The first-order valence-electron chi connectivity index (χ1n) is 8.66. The molecule has 29 heavy (non-hydrogen) atoms. The monoisotopic (exact) mass is 441 g/mol. The molecule has 2 aromatic carbocycles. The Kier molecular flexibility index (Phi) is 5.97. The van der Waals surface area contributed by atoms with E-state index >= 15 is 0 Å². The van der Waals surface area contributed by atoms with Crippen LogP contribution in [0.5, 0.6) is 0 Å². The molecule has 1 saturated heterocycles. The molecule has 2 aromatic rings. The van der Waals surface area contributed by atoms with Gasteiger partial charge in [-0.25, -0.2) is 0 Å². The third kappa shape index (κ3) is 4.60.